The Labute approximate surface area is 98.5 Å². The first kappa shape index (κ1) is 13.6. The molecule has 0 saturated heterocycles. The van der Waals surface area contributed by atoms with Crippen LogP contribution in [0, 0.1) is 11.6 Å². The Bertz CT molecular complexity index is 423. The number of aliphatic carboxylic acids is 1. The van der Waals surface area contributed by atoms with Crippen molar-refractivity contribution < 1.29 is 18.7 Å². The van der Waals surface area contributed by atoms with Crippen LogP contribution in [0.5, 0.6) is 0 Å². The molecule has 1 aromatic rings. The van der Waals surface area contributed by atoms with E-state index in [1.54, 1.807) is 13.8 Å². The Morgan fingerprint density at radius 1 is 1.47 bits per heavy atom. The molecular weight excluding hydrogens is 228 g/mol. The first-order chi connectivity index (χ1) is 7.90. The van der Waals surface area contributed by atoms with Crippen molar-refractivity contribution in [3.8, 4) is 0 Å². The van der Waals surface area contributed by atoms with Gasteiger partial charge >= 0.3 is 5.97 Å². The van der Waals surface area contributed by atoms with Crippen molar-refractivity contribution in [1.29, 1.82) is 0 Å². The molecule has 0 radical (unpaired) electrons. The molecule has 1 unspecified atom stereocenters. The maximum atomic E-state index is 13.7. The van der Waals surface area contributed by atoms with E-state index < -0.39 is 23.1 Å². The van der Waals surface area contributed by atoms with Gasteiger partial charge in [0.05, 0.1) is 12.0 Å². The van der Waals surface area contributed by atoms with Crippen molar-refractivity contribution in [1.82, 2.24) is 5.32 Å². The third kappa shape index (κ3) is 3.00. The Kier molecular flexibility index (Phi) is 4.17. The van der Waals surface area contributed by atoms with Crippen molar-refractivity contribution in [2.75, 3.05) is 6.54 Å². The molecule has 17 heavy (non-hydrogen) atoms. The number of hydrogen-bond acceptors (Lipinski definition) is 2. The number of carboxylic acid groups (broad SMARTS) is 1. The van der Waals surface area contributed by atoms with Crippen LogP contribution in [-0.4, -0.2) is 17.6 Å². The standard InChI is InChI=1S/C12H15F2NO2/c1-3-15-12(2,7-10(16)17)8-5-4-6-9(13)11(8)14/h4-6,15H,3,7H2,1-2H3,(H,16,17). The van der Waals surface area contributed by atoms with Crippen molar-refractivity contribution in [3.05, 3.63) is 35.4 Å². The first-order valence-electron chi connectivity index (χ1n) is 5.32. The minimum atomic E-state index is -1.12. The second-order valence-corrected chi connectivity index (χ2v) is 4.03. The molecule has 0 amide bonds. The van der Waals surface area contributed by atoms with Gasteiger partial charge < -0.3 is 10.4 Å². The third-order valence-corrected chi connectivity index (χ3v) is 2.62. The van der Waals surface area contributed by atoms with E-state index in [1.165, 1.54) is 12.1 Å². The number of halogens is 2. The van der Waals surface area contributed by atoms with E-state index in [9.17, 15) is 13.6 Å². The predicted molar refractivity (Wildman–Crippen MR) is 59.6 cm³/mol. The van der Waals surface area contributed by atoms with Gasteiger partial charge in [-0.2, -0.15) is 0 Å². The molecule has 1 aromatic carbocycles. The van der Waals surface area contributed by atoms with E-state index in [-0.39, 0.29) is 12.0 Å². The van der Waals surface area contributed by atoms with Crippen molar-refractivity contribution in [3.63, 3.8) is 0 Å². The topological polar surface area (TPSA) is 49.3 Å². The summed E-state index contributed by atoms with van der Waals surface area (Å²) in [4.78, 5) is 10.8. The number of benzene rings is 1. The lowest BCUT2D eigenvalue weighted by Gasteiger charge is -2.30. The summed E-state index contributed by atoms with van der Waals surface area (Å²) >= 11 is 0. The molecule has 3 nitrogen and oxygen atoms in total. The Morgan fingerprint density at radius 2 is 2.12 bits per heavy atom. The lowest BCUT2D eigenvalue weighted by molar-refractivity contribution is -0.138. The van der Waals surface area contributed by atoms with Gasteiger partial charge in [0.15, 0.2) is 11.6 Å². The van der Waals surface area contributed by atoms with E-state index in [0.29, 0.717) is 6.54 Å². The summed E-state index contributed by atoms with van der Waals surface area (Å²) in [5.41, 5.74) is -1.09. The summed E-state index contributed by atoms with van der Waals surface area (Å²) in [6.07, 6.45) is -0.318. The second-order valence-electron chi connectivity index (χ2n) is 4.03. The fourth-order valence-electron chi connectivity index (χ4n) is 1.88. The fraction of sp³-hybridized carbons (Fsp3) is 0.417. The summed E-state index contributed by atoms with van der Waals surface area (Å²) in [6.45, 7) is 3.78. The smallest absolute Gasteiger partial charge is 0.305 e. The molecule has 0 bridgehead atoms. The molecule has 1 atom stereocenters. The van der Waals surface area contributed by atoms with E-state index in [4.69, 9.17) is 5.11 Å². The van der Waals surface area contributed by atoms with Crippen molar-refractivity contribution in [2.45, 2.75) is 25.8 Å². The summed E-state index contributed by atoms with van der Waals surface area (Å²) in [6, 6.07) is 3.77. The normalized spacial score (nSPS) is 14.4. The number of carbonyl (C=O) groups is 1. The van der Waals surface area contributed by atoms with Crippen LogP contribution in [0.2, 0.25) is 0 Å². The monoisotopic (exact) mass is 243 g/mol. The average Bonchev–Trinajstić information content (AvgIpc) is 2.21. The van der Waals surface area contributed by atoms with Gasteiger partial charge in [-0.1, -0.05) is 19.1 Å². The number of nitrogens with one attached hydrogen (secondary N) is 1. The summed E-state index contributed by atoms with van der Waals surface area (Å²) in [5, 5.41) is 11.7. The maximum Gasteiger partial charge on any atom is 0.305 e. The average molecular weight is 243 g/mol. The zero-order valence-electron chi connectivity index (χ0n) is 9.76. The molecule has 94 valence electrons. The lowest BCUT2D eigenvalue weighted by Crippen LogP contribution is -2.42. The minimum Gasteiger partial charge on any atom is -0.481 e. The highest BCUT2D eigenvalue weighted by atomic mass is 19.2. The van der Waals surface area contributed by atoms with Crippen LogP contribution in [0.4, 0.5) is 8.78 Å². The molecule has 0 aliphatic rings. The fourth-order valence-corrected chi connectivity index (χ4v) is 1.88. The molecule has 5 heteroatoms. The Hall–Kier alpha value is -1.49. The Morgan fingerprint density at radius 3 is 2.65 bits per heavy atom. The van der Waals surface area contributed by atoms with Crippen molar-refractivity contribution >= 4 is 5.97 Å². The molecular formula is C12H15F2NO2. The van der Waals surface area contributed by atoms with Crippen LogP contribution in [0.15, 0.2) is 18.2 Å². The van der Waals surface area contributed by atoms with Gasteiger partial charge in [-0.3, -0.25) is 4.79 Å². The van der Waals surface area contributed by atoms with Gasteiger partial charge in [-0.25, -0.2) is 8.78 Å². The molecule has 0 aliphatic heterocycles. The molecule has 0 aliphatic carbocycles. The maximum absolute atomic E-state index is 13.7. The highest BCUT2D eigenvalue weighted by molar-refractivity contribution is 5.68. The Balaban J connectivity index is 3.21. The van der Waals surface area contributed by atoms with Crippen LogP contribution in [0.25, 0.3) is 0 Å². The lowest BCUT2D eigenvalue weighted by atomic mass is 9.88. The SMILES string of the molecule is CCNC(C)(CC(=O)O)c1cccc(F)c1F. The van der Waals surface area contributed by atoms with E-state index in [1.807, 2.05) is 0 Å². The first-order valence-corrected chi connectivity index (χ1v) is 5.32. The molecule has 0 fully saturated rings. The highest BCUT2D eigenvalue weighted by Crippen LogP contribution is 2.28. The molecule has 0 spiro atoms. The predicted octanol–water partition coefficient (Wildman–Crippen LogP) is 2.26. The summed E-state index contributed by atoms with van der Waals surface area (Å²) < 4.78 is 26.8. The quantitative estimate of drug-likeness (QED) is 0.834. The summed E-state index contributed by atoms with van der Waals surface area (Å²) in [7, 11) is 0. The molecule has 0 aromatic heterocycles. The third-order valence-electron chi connectivity index (χ3n) is 2.62. The number of rotatable bonds is 5. The van der Waals surface area contributed by atoms with Gasteiger partial charge in [0, 0.05) is 5.56 Å². The highest BCUT2D eigenvalue weighted by Gasteiger charge is 2.32. The zero-order valence-corrected chi connectivity index (χ0v) is 9.76. The molecule has 0 saturated carbocycles. The van der Waals surface area contributed by atoms with Crippen LogP contribution in [-0.2, 0) is 10.3 Å². The number of carboxylic acids is 1. The van der Waals surface area contributed by atoms with Crippen LogP contribution in [0.1, 0.15) is 25.8 Å². The molecule has 1 rings (SSSR count). The molecule has 2 N–H and O–H groups in total. The van der Waals surface area contributed by atoms with Gasteiger partial charge in [-0.05, 0) is 19.5 Å². The zero-order chi connectivity index (χ0) is 13.1. The van der Waals surface area contributed by atoms with Gasteiger partial charge in [-0.15, -0.1) is 0 Å². The number of hydrogen-bond donors (Lipinski definition) is 2. The van der Waals surface area contributed by atoms with Gasteiger partial charge in [0.1, 0.15) is 0 Å². The summed E-state index contributed by atoms with van der Waals surface area (Å²) in [5.74, 6) is -3.05. The van der Waals surface area contributed by atoms with E-state index >= 15 is 0 Å². The van der Waals surface area contributed by atoms with Gasteiger partial charge in [0.25, 0.3) is 0 Å². The van der Waals surface area contributed by atoms with Crippen LogP contribution >= 0.6 is 0 Å². The minimum absolute atomic E-state index is 0.0294. The molecule has 0 heterocycles. The second kappa shape index (κ2) is 5.23. The van der Waals surface area contributed by atoms with E-state index in [0.717, 1.165) is 6.07 Å². The van der Waals surface area contributed by atoms with Crippen LogP contribution < -0.4 is 5.32 Å². The largest absolute Gasteiger partial charge is 0.481 e. The van der Waals surface area contributed by atoms with E-state index in [2.05, 4.69) is 5.32 Å². The van der Waals surface area contributed by atoms with Crippen LogP contribution in [0.3, 0.4) is 0 Å². The van der Waals surface area contributed by atoms with Gasteiger partial charge in [0.2, 0.25) is 0 Å². The van der Waals surface area contributed by atoms with Crippen molar-refractivity contribution in [2.24, 2.45) is 0 Å².